The Bertz CT molecular complexity index is 757. The smallest absolute Gasteiger partial charge is 0.166 e. The molecule has 2 unspecified atom stereocenters. The van der Waals surface area contributed by atoms with Crippen molar-refractivity contribution in [3.63, 3.8) is 0 Å². The Labute approximate surface area is 156 Å². The van der Waals surface area contributed by atoms with Crippen molar-refractivity contribution in [2.75, 3.05) is 19.0 Å². The fraction of sp³-hybridized carbons (Fsp3) is 0.435. The summed E-state index contributed by atoms with van der Waals surface area (Å²) in [5.74, 6) is 0.516. The van der Waals surface area contributed by atoms with Crippen molar-refractivity contribution in [1.82, 2.24) is 4.90 Å². The van der Waals surface area contributed by atoms with Crippen LogP contribution in [0.15, 0.2) is 54.6 Å². The maximum absolute atomic E-state index is 13.1. The van der Waals surface area contributed by atoms with Crippen molar-refractivity contribution in [1.29, 1.82) is 0 Å². The van der Waals surface area contributed by atoms with Gasteiger partial charge in [-0.15, -0.1) is 0 Å². The van der Waals surface area contributed by atoms with E-state index in [0.29, 0.717) is 17.9 Å². The van der Waals surface area contributed by atoms with Gasteiger partial charge in [-0.05, 0) is 43.4 Å². The summed E-state index contributed by atoms with van der Waals surface area (Å²) in [6.45, 7) is 1.02. The van der Waals surface area contributed by atoms with Crippen molar-refractivity contribution in [3.8, 4) is 0 Å². The van der Waals surface area contributed by atoms with Crippen LogP contribution in [-0.2, 0) is 6.54 Å². The maximum Gasteiger partial charge on any atom is 0.166 e. The summed E-state index contributed by atoms with van der Waals surface area (Å²) >= 11 is 0. The lowest BCUT2D eigenvalue weighted by Crippen LogP contribution is -2.44. The standard InChI is InChI=1S/C23H28N2O/c1-24(2)20-10-6-9-18(13-20)23(26)19-14-21-11-12-22(15-19)25(21)16-17-7-4-3-5-8-17/h3-10,13,19,21-22H,11-12,14-16H2,1-2H3. The molecule has 26 heavy (non-hydrogen) atoms. The molecule has 0 aromatic heterocycles. The Morgan fingerprint density at radius 3 is 2.35 bits per heavy atom. The highest BCUT2D eigenvalue weighted by atomic mass is 16.1. The van der Waals surface area contributed by atoms with E-state index in [1.165, 1.54) is 18.4 Å². The van der Waals surface area contributed by atoms with Crippen LogP contribution < -0.4 is 4.90 Å². The van der Waals surface area contributed by atoms with Crippen LogP contribution in [0.25, 0.3) is 0 Å². The second-order valence-corrected chi connectivity index (χ2v) is 8.02. The monoisotopic (exact) mass is 348 g/mol. The first-order valence-corrected chi connectivity index (χ1v) is 9.73. The number of nitrogens with zero attached hydrogens (tertiary/aromatic N) is 2. The summed E-state index contributed by atoms with van der Waals surface area (Å²) in [5.41, 5.74) is 3.35. The van der Waals surface area contributed by atoms with Gasteiger partial charge in [0.1, 0.15) is 0 Å². The van der Waals surface area contributed by atoms with E-state index in [0.717, 1.165) is 30.6 Å². The minimum Gasteiger partial charge on any atom is -0.378 e. The van der Waals surface area contributed by atoms with Gasteiger partial charge in [-0.1, -0.05) is 42.5 Å². The number of carbonyl (C=O) groups excluding carboxylic acids is 1. The van der Waals surface area contributed by atoms with Crippen LogP contribution in [0, 0.1) is 5.92 Å². The van der Waals surface area contributed by atoms with Crippen LogP contribution in [0.5, 0.6) is 0 Å². The number of benzene rings is 2. The number of carbonyl (C=O) groups is 1. The molecule has 0 radical (unpaired) electrons. The maximum atomic E-state index is 13.1. The van der Waals surface area contributed by atoms with E-state index in [4.69, 9.17) is 0 Å². The molecule has 0 aliphatic carbocycles. The average molecular weight is 348 g/mol. The van der Waals surface area contributed by atoms with E-state index in [9.17, 15) is 4.79 Å². The summed E-state index contributed by atoms with van der Waals surface area (Å²) < 4.78 is 0. The largest absolute Gasteiger partial charge is 0.378 e. The molecule has 2 heterocycles. The lowest BCUT2D eigenvalue weighted by Gasteiger charge is -2.38. The van der Waals surface area contributed by atoms with Gasteiger partial charge < -0.3 is 4.90 Å². The summed E-state index contributed by atoms with van der Waals surface area (Å²) in [4.78, 5) is 17.8. The number of piperidine rings is 1. The molecule has 2 saturated heterocycles. The molecule has 2 aliphatic heterocycles. The number of hydrogen-bond donors (Lipinski definition) is 0. The first kappa shape index (κ1) is 17.3. The van der Waals surface area contributed by atoms with Crippen LogP contribution >= 0.6 is 0 Å². The predicted molar refractivity (Wildman–Crippen MR) is 107 cm³/mol. The van der Waals surface area contributed by atoms with E-state index in [1.807, 2.05) is 32.3 Å². The van der Waals surface area contributed by atoms with Gasteiger partial charge in [-0.2, -0.15) is 0 Å². The highest BCUT2D eigenvalue weighted by Gasteiger charge is 2.42. The zero-order valence-electron chi connectivity index (χ0n) is 15.8. The van der Waals surface area contributed by atoms with Gasteiger partial charge >= 0.3 is 0 Å². The van der Waals surface area contributed by atoms with E-state index in [1.54, 1.807) is 0 Å². The Balaban J connectivity index is 1.47. The second kappa shape index (κ2) is 7.24. The normalized spacial score (nSPS) is 25.2. The Kier molecular flexibility index (Phi) is 4.82. The van der Waals surface area contributed by atoms with Crippen molar-refractivity contribution < 1.29 is 4.79 Å². The van der Waals surface area contributed by atoms with Gasteiger partial charge in [0.25, 0.3) is 0 Å². The minimum atomic E-state index is 0.178. The fourth-order valence-corrected chi connectivity index (χ4v) is 4.71. The molecule has 3 nitrogen and oxygen atoms in total. The van der Waals surface area contributed by atoms with E-state index in [2.05, 4.69) is 46.2 Å². The van der Waals surface area contributed by atoms with Crippen LogP contribution in [0.4, 0.5) is 5.69 Å². The Morgan fingerprint density at radius 2 is 1.69 bits per heavy atom. The van der Waals surface area contributed by atoms with Crippen LogP contribution in [0.1, 0.15) is 41.6 Å². The third-order valence-electron chi connectivity index (χ3n) is 6.11. The highest BCUT2D eigenvalue weighted by Crippen LogP contribution is 2.40. The van der Waals surface area contributed by atoms with Crippen molar-refractivity contribution in [2.24, 2.45) is 5.92 Å². The highest BCUT2D eigenvalue weighted by molar-refractivity contribution is 5.98. The number of ketones is 1. The van der Waals surface area contributed by atoms with E-state index in [-0.39, 0.29) is 5.92 Å². The number of hydrogen-bond acceptors (Lipinski definition) is 3. The zero-order chi connectivity index (χ0) is 18.1. The van der Waals surface area contributed by atoms with Crippen LogP contribution in [-0.4, -0.2) is 36.9 Å². The molecule has 2 atom stereocenters. The summed E-state index contributed by atoms with van der Waals surface area (Å²) in [7, 11) is 4.04. The minimum absolute atomic E-state index is 0.178. The molecular formula is C23H28N2O. The fourth-order valence-electron chi connectivity index (χ4n) is 4.71. The van der Waals surface area contributed by atoms with Gasteiger partial charge in [0.15, 0.2) is 5.78 Å². The van der Waals surface area contributed by atoms with Gasteiger partial charge in [0.05, 0.1) is 0 Å². The topological polar surface area (TPSA) is 23.6 Å². The molecule has 0 N–H and O–H groups in total. The van der Waals surface area contributed by atoms with Gasteiger partial charge in [0, 0.05) is 49.9 Å². The van der Waals surface area contributed by atoms with E-state index >= 15 is 0 Å². The second-order valence-electron chi connectivity index (χ2n) is 8.02. The first-order valence-electron chi connectivity index (χ1n) is 9.73. The molecule has 2 aromatic rings. The number of rotatable bonds is 5. The molecule has 0 spiro atoms. The molecule has 2 bridgehead atoms. The predicted octanol–water partition coefficient (Wildman–Crippen LogP) is 4.38. The first-order chi connectivity index (χ1) is 12.6. The molecule has 2 aliphatic rings. The Morgan fingerprint density at radius 1 is 1.00 bits per heavy atom. The van der Waals surface area contributed by atoms with Crippen molar-refractivity contribution >= 4 is 11.5 Å². The zero-order valence-corrected chi connectivity index (χ0v) is 15.8. The number of anilines is 1. The molecular weight excluding hydrogens is 320 g/mol. The molecule has 0 amide bonds. The van der Waals surface area contributed by atoms with Crippen LogP contribution in [0.2, 0.25) is 0 Å². The SMILES string of the molecule is CN(C)c1cccc(C(=O)C2CC3CCC(C2)N3Cc2ccccc2)c1. The molecule has 136 valence electrons. The van der Waals surface area contributed by atoms with Gasteiger partial charge in [-0.25, -0.2) is 0 Å². The third kappa shape index (κ3) is 3.41. The van der Waals surface area contributed by atoms with Crippen LogP contribution in [0.3, 0.4) is 0 Å². The average Bonchev–Trinajstić information content (AvgIpc) is 2.90. The van der Waals surface area contributed by atoms with Crippen molar-refractivity contribution in [2.45, 2.75) is 44.3 Å². The summed E-state index contributed by atoms with van der Waals surface area (Å²) in [6.07, 6.45) is 4.49. The lowest BCUT2D eigenvalue weighted by atomic mass is 9.84. The summed E-state index contributed by atoms with van der Waals surface area (Å²) in [6, 6.07) is 19.9. The number of fused-ring (bicyclic) bond motifs is 2. The third-order valence-corrected chi connectivity index (χ3v) is 6.11. The van der Waals surface area contributed by atoms with Crippen molar-refractivity contribution in [3.05, 3.63) is 65.7 Å². The molecule has 4 rings (SSSR count). The Hall–Kier alpha value is -2.13. The van der Waals surface area contributed by atoms with Gasteiger partial charge in [-0.3, -0.25) is 9.69 Å². The summed E-state index contributed by atoms with van der Waals surface area (Å²) in [5, 5.41) is 0. The lowest BCUT2D eigenvalue weighted by molar-refractivity contribution is 0.0678. The molecule has 2 fully saturated rings. The van der Waals surface area contributed by atoms with Gasteiger partial charge in [0.2, 0.25) is 0 Å². The molecule has 3 heteroatoms. The molecule has 2 aromatic carbocycles. The quantitative estimate of drug-likeness (QED) is 0.749. The number of Topliss-reactive ketones (excluding diaryl/α,β-unsaturated/α-hetero) is 1. The molecule has 0 saturated carbocycles. The van der Waals surface area contributed by atoms with E-state index < -0.39 is 0 Å².